The van der Waals surface area contributed by atoms with Crippen LogP contribution in [0.4, 0.5) is 5.69 Å². The van der Waals surface area contributed by atoms with Crippen LogP contribution in [0.1, 0.15) is 19.3 Å². The van der Waals surface area contributed by atoms with Crippen LogP contribution in [0.25, 0.3) is 0 Å². The van der Waals surface area contributed by atoms with E-state index in [1.165, 1.54) is 25.0 Å². The second-order valence-corrected chi connectivity index (χ2v) is 5.54. The normalized spacial score (nSPS) is 28.7. The molecule has 3 rings (SSSR count). The number of anilines is 1. The molecule has 4 nitrogen and oxygen atoms in total. The monoisotopic (exact) mass is 236 g/mol. The fraction of sp³-hybridized carbons (Fsp3) is 0.636. The first-order valence-electron chi connectivity index (χ1n) is 5.77. The number of nitrogens with zero attached hydrogens (tertiary/aromatic N) is 3. The molecule has 1 N–H and O–H groups in total. The lowest BCUT2D eigenvalue weighted by molar-refractivity contribution is 0.535. The van der Waals surface area contributed by atoms with E-state index in [1.54, 1.807) is 4.68 Å². The SMILES string of the molecule is Cn1cc(NC2=NC3CCCC3CS2)cn1. The van der Waals surface area contributed by atoms with E-state index >= 15 is 0 Å². The quantitative estimate of drug-likeness (QED) is 0.812. The van der Waals surface area contributed by atoms with Gasteiger partial charge in [-0.05, 0) is 18.8 Å². The van der Waals surface area contributed by atoms with Gasteiger partial charge in [0.1, 0.15) is 0 Å². The first kappa shape index (κ1) is 10.2. The van der Waals surface area contributed by atoms with Gasteiger partial charge in [-0.3, -0.25) is 9.67 Å². The van der Waals surface area contributed by atoms with Crippen molar-refractivity contribution in [3.63, 3.8) is 0 Å². The topological polar surface area (TPSA) is 42.2 Å². The van der Waals surface area contributed by atoms with Gasteiger partial charge in [0.05, 0.1) is 17.9 Å². The summed E-state index contributed by atoms with van der Waals surface area (Å²) in [6.07, 6.45) is 7.79. The molecule has 0 amide bonds. The lowest BCUT2D eigenvalue weighted by Crippen LogP contribution is -2.25. The van der Waals surface area contributed by atoms with E-state index in [1.807, 2.05) is 31.2 Å². The van der Waals surface area contributed by atoms with Crippen LogP contribution < -0.4 is 5.32 Å². The van der Waals surface area contributed by atoms with Gasteiger partial charge >= 0.3 is 0 Å². The van der Waals surface area contributed by atoms with E-state index < -0.39 is 0 Å². The van der Waals surface area contributed by atoms with Gasteiger partial charge in [-0.2, -0.15) is 5.10 Å². The van der Waals surface area contributed by atoms with Crippen molar-refractivity contribution in [1.82, 2.24) is 9.78 Å². The number of hydrogen-bond donors (Lipinski definition) is 1. The van der Waals surface area contributed by atoms with E-state index in [0.29, 0.717) is 6.04 Å². The van der Waals surface area contributed by atoms with Gasteiger partial charge in [-0.25, -0.2) is 0 Å². The van der Waals surface area contributed by atoms with Crippen LogP contribution in [0.15, 0.2) is 17.4 Å². The average Bonchev–Trinajstić information content (AvgIpc) is 2.87. The minimum Gasteiger partial charge on any atom is -0.332 e. The summed E-state index contributed by atoms with van der Waals surface area (Å²) in [7, 11) is 1.92. The molecule has 86 valence electrons. The van der Waals surface area contributed by atoms with Gasteiger partial charge in [0.2, 0.25) is 0 Å². The van der Waals surface area contributed by atoms with Crippen LogP contribution in [0.5, 0.6) is 0 Å². The number of rotatable bonds is 1. The third kappa shape index (κ3) is 1.96. The van der Waals surface area contributed by atoms with Gasteiger partial charge in [0.25, 0.3) is 0 Å². The van der Waals surface area contributed by atoms with Gasteiger partial charge in [0, 0.05) is 19.0 Å². The van der Waals surface area contributed by atoms with E-state index in [0.717, 1.165) is 16.8 Å². The van der Waals surface area contributed by atoms with Crippen LogP contribution in [-0.2, 0) is 7.05 Å². The molecule has 1 aromatic heterocycles. The van der Waals surface area contributed by atoms with E-state index in [2.05, 4.69) is 10.4 Å². The highest BCUT2D eigenvalue weighted by Crippen LogP contribution is 2.35. The van der Waals surface area contributed by atoms with Crippen molar-refractivity contribution in [2.45, 2.75) is 25.3 Å². The number of aromatic nitrogens is 2. The number of aliphatic imine (C=N–C) groups is 1. The fourth-order valence-electron chi connectivity index (χ4n) is 2.43. The summed E-state index contributed by atoms with van der Waals surface area (Å²) in [6.45, 7) is 0. The van der Waals surface area contributed by atoms with Crippen molar-refractivity contribution in [3.05, 3.63) is 12.4 Å². The van der Waals surface area contributed by atoms with Crippen LogP contribution in [0.3, 0.4) is 0 Å². The van der Waals surface area contributed by atoms with Crippen molar-refractivity contribution >= 4 is 22.6 Å². The first-order valence-corrected chi connectivity index (χ1v) is 6.76. The Morgan fingerprint density at radius 1 is 1.50 bits per heavy atom. The van der Waals surface area contributed by atoms with Gasteiger partial charge in [-0.1, -0.05) is 18.2 Å². The van der Waals surface area contributed by atoms with Gasteiger partial charge in [0.15, 0.2) is 5.17 Å². The average molecular weight is 236 g/mol. The predicted octanol–water partition coefficient (Wildman–Crippen LogP) is 2.10. The third-order valence-electron chi connectivity index (χ3n) is 3.29. The molecule has 0 aromatic carbocycles. The molecular weight excluding hydrogens is 220 g/mol. The molecule has 2 heterocycles. The maximum atomic E-state index is 4.78. The molecule has 1 fully saturated rings. The van der Waals surface area contributed by atoms with Gasteiger partial charge in [-0.15, -0.1) is 0 Å². The Kier molecular flexibility index (Phi) is 2.63. The maximum absolute atomic E-state index is 4.78. The summed E-state index contributed by atoms with van der Waals surface area (Å²) < 4.78 is 1.80. The molecule has 16 heavy (non-hydrogen) atoms. The molecule has 5 heteroatoms. The summed E-state index contributed by atoms with van der Waals surface area (Å²) in [6, 6.07) is 0.570. The molecule has 1 aliphatic carbocycles. The molecule has 0 radical (unpaired) electrons. The minimum atomic E-state index is 0.570. The number of thioether (sulfide) groups is 1. The summed E-state index contributed by atoms with van der Waals surface area (Å²) in [5, 5.41) is 8.55. The Morgan fingerprint density at radius 3 is 3.25 bits per heavy atom. The molecule has 2 unspecified atom stereocenters. The minimum absolute atomic E-state index is 0.570. The second kappa shape index (κ2) is 4.13. The highest BCUT2D eigenvalue weighted by atomic mass is 32.2. The Bertz CT molecular complexity index is 412. The molecule has 1 aliphatic heterocycles. The van der Waals surface area contributed by atoms with Crippen molar-refractivity contribution in [1.29, 1.82) is 0 Å². The smallest absolute Gasteiger partial charge is 0.161 e. The maximum Gasteiger partial charge on any atom is 0.161 e. The summed E-state index contributed by atoms with van der Waals surface area (Å²) in [5.74, 6) is 2.04. The molecule has 1 aromatic rings. The fourth-order valence-corrected chi connectivity index (χ4v) is 3.59. The van der Waals surface area contributed by atoms with Crippen molar-refractivity contribution in [2.24, 2.45) is 18.0 Å². The van der Waals surface area contributed by atoms with Crippen LogP contribution in [0.2, 0.25) is 0 Å². The summed E-state index contributed by atoms with van der Waals surface area (Å²) >= 11 is 1.85. The number of hydrogen-bond acceptors (Lipinski definition) is 4. The van der Waals surface area contributed by atoms with Crippen molar-refractivity contribution < 1.29 is 0 Å². The number of aryl methyl sites for hydroxylation is 1. The highest BCUT2D eigenvalue weighted by molar-refractivity contribution is 8.14. The highest BCUT2D eigenvalue weighted by Gasteiger charge is 2.30. The molecule has 0 bridgehead atoms. The zero-order chi connectivity index (χ0) is 11.0. The lowest BCUT2D eigenvalue weighted by atomic mass is 10.1. The Labute approximate surface area is 99.5 Å². The molecule has 1 saturated carbocycles. The van der Waals surface area contributed by atoms with Crippen LogP contribution >= 0.6 is 11.8 Å². The number of nitrogens with one attached hydrogen (secondary N) is 1. The van der Waals surface area contributed by atoms with Gasteiger partial charge < -0.3 is 5.32 Å². The molecule has 2 aliphatic rings. The van der Waals surface area contributed by atoms with Crippen LogP contribution in [0, 0.1) is 5.92 Å². The largest absolute Gasteiger partial charge is 0.332 e. The standard InChI is InChI=1S/C11H16N4S/c1-15-6-9(5-12-15)13-11-14-10-4-2-3-8(10)7-16-11/h5-6,8,10H,2-4,7H2,1H3,(H,13,14). The Balaban J connectivity index is 1.71. The summed E-state index contributed by atoms with van der Waals surface area (Å²) in [5.41, 5.74) is 1.03. The van der Waals surface area contributed by atoms with E-state index in [9.17, 15) is 0 Å². The summed E-state index contributed by atoms with van der Waals surface area (Å²) in [4.78, 5) is 4.78. The predicted molar refractivity (Wildman–Crippen MR) is 67.9 cm³/mol. The number of amidine groups is 1. The molecule has 2 atom stereocenters. The first-order chi connectivity index (χ1) is 7.81. The zero-order valence-corrected chi connectivity index (χ0v) is 10.2. The Morgan fingerprint density at radius 2 is 2.44 bits per heavy atom. The Hall–Kier alpha value is -0.970. The molecule has 0 spiro atoms. The van der Waals surface area contributed by atoms with E-state index in [-0.39, 0.29) is 0 Å². The zero-order valence-electron chi connectivity index (χ0n) is 9.39. The molecule has 0 saturated heterocycles. The number of fused-ring (bicyclic) bond motifs is 1. The van der Waals surface area contributed by atoms with E-state index in [4.69, 9.17) is 4.99 Å². The van der Waals surface area contributed by atoms with Crippen molar-refractivity contribution in [2.75, 3.05) is 11.1 Å². The van der Waals surface area contributed by atoms with Crippen LogP contribution in [-0.4, -0.2) is 26.7 Å². The molecular formula is C11H16N4S. The van der Waals surface area contributed by atoms with Crippen molar-refractivity contribution in [3.8, 4) is 0 Å². The third-order valence-corrected chi connectivity index (χ3v) is 4.37. The second-order valence-electron chi connectivity index (χ2n) is 4.53. The lowest BCUT2D eigenvalue weighted by Gasteiger charge is -2.23.